The molecule has 2 unspecified atom stereocenters. The van der Waals surface area contributed by atoms with Crippen LogP contribution in [0.3, 0.4) is 0 Å². The molecule has 0 saturated carbocycles. The summed E-state index contributed by atoms with van der Waals surface area (Å²) in [7, 11) is -4.33. The maximum absolute atomic E-state index is 12.5. The Hall–Kier alpha value is -0.920. The zero-order valence-electron chi connectivity index (χ0n) is 31.2. The van der Waals surface area contributed by atoms with Crippen molar-refractivity contribution >= 4 is 16.0 Å². The third-order valence-corrected chi connectivity index (χ3v) is 10.2. The van der Waals surface area contributed by atoms with Crippen LogP contribution in [0.4, 0.5) is 0 Å². The molecule has 47 heavy (non-hydrogen) atoms. The average molecular weight is 686 g/mol. The van der Waals surface area contributed by atoms with E-state index in [1.165, 1.54) is 161 Å². The third-order valence-electron chi connectivity index (χ3n) is 9.46. The Kier molecular flexibility index (Phi) is 34.2. The number of rotatable bonds is 37. The van der Waals surface area contributed by atoms with E-state index in [2.05, 4.69) is 19.2 Å². The summed E-state index contributed by atoms with van der Waals surface area (Å²) in [5.74, 6) is -0.968. The van der Waals surface area contributed by atoms with Crippen molar-refractivity contribution in [1.82, 2.24) is 5.32 Å². The van der Waals surface area contributed by atoms with Gasteiger partial charge in [0.25, 0.3) is 10.1 Å². The van der Waals surface area contributed by atoms with Gasteiger partial charge in [-0.3, -0.25) is 9.35 Å². The van der Waals surface area contributed by atoms with E-state index in [0.29, 0.717) is 6.42 Å². The van der Waals surface area contributed by atoms with E-state index in [1.807, 2.05) is 6.08 Å². The predicted molar refractivity (Wildman–Crippen MR) is 203 cm³/mol. The van der Waals surface area contributed by atoms with E-state index >= 15 is 0 Å². The second-order valence-corrected chi connectivity index (χ2v) is 15.8. The largest absolute Gasteiger partial charge is 0.387 e. The highest BCUT2D eigenvalue weighted by atomic mass is 32.2. The van der Waals surface area contributed by atoms with Crippen molar-refractivity contribution in [2.45, 2.75) is 231 Å². The van der Waals surface area contributed by atoms with E-state index in [9.17, 15) is 22.9 Å². The van der Waals surface area contributed by atoms with E-state index in [-0.39, 0.29) is 5.91 Å². The van der Waals surface area contributed by atoms with Crippen LogP contribution >= 0.6 is 0 Å². The van der Waals surface area contributed by atoms with Gasteiger partial charge in [-0.15, -0.1) is 0 Å². The van der Waals surface area contributed by atoms with Crippen LogP contribution in [-0.4, -0.2) is 41.9 Å². The van der Waals surface area contributed by atoms with Gasteiger partial charge in [0.15, 0.2) is 0 Å². The second kappa shape index (κ2) is 34.9. The van der Waals surface area contributed by atoms with Crippen molar-refractivity contribution in [1.29, 1.82) is 0 Å². The van der Waals surface area contributed by atoms with Crippen molar-refractivity contribution in [3.8, 4) is 0 Å². The molecule has 3 N–H and O–H groups in total. The molecule has 0 heterocycles. The first-order chi connectivity index (χ1) is 22.8. The summed E-state index contributed by atoms with van der Waals surface area (Å²) in [6, 6.07) is -1.05. The Morgan fingerprint density at radius 3 is 1.21 bits per heavy atom. The molecule has 0 saturated heterocycles. The van der Waals surface area contributed by atoms with Gasteiger partial charge in [0.05, 0.1) is 17.9 Å². The Balaban J connectivity index is 3.83. The van der Waals surface area contributed by atoms with Gasteiger partial charge in [-0.2, -0.15) is 8.42 Å². The smallest absolute Gasteiger partial charge is 0.267 e. The summed E-state index contributed by atoms with van der Waals surface area (Å²) in [5, 5.41) is 13.2. The summed E-state index contributed by atoms with van der Waals surface area (Å²) in [4.78, 5) is 12.5. The molecule has 0 bridgehead atoms. The lowest BCUT2D eigenvalue weighted by molar-refractivity contribution is -0.122. The molecular formula is C40H79NO5S. The highest BCUT2D eigenvalue weighted by Gasteiger charge is 2.24. The minimum absolute atomic E-state index is 0.275. The molecule has 1 amide bonds. The summed E-state index contributed by atoms with van der Waals surface area (Å²) in [6.45, 7) is 4.52. The lowest BCUT2D eigenvalue weighted by Gasteiger charge is -2.21. The van der Waals surface area contributed by atoms with E-state index in [1.54, 1.807) is 6.08 Å². The lowest BCUT2D eigenvalue weighted by Crippen LogP contribution is -2.46. The fourth-order valence-electron chi connectivity index (χ4n) is 6.39. The molecule has 7 heteroatoms. The molecule has 0 aliphatic heterocycles. The summed E-state index contributed by atoms with van der Waals surface area (Å²) in [5.41, 5.74) is 0. The maximum Gasteiger partial charge on any atom is 0.267 e. The van der Waals surface area contributed by atoms with Crippen LogP contribution in [0.15, 0.2) is 12.2 Å². The molecule has 0 aliphatic rings. The number of amides is 1. The molecule has 0 aromatic rings. The van der Waals surface area contributed by atoms with Crippen LogP contribution in [0.1, 0.15) is 219 Å². The van der Waals surface area contributed by atoms with Gasteiger partial charge in [0.1, 0.15) is 0 Å². The molecule has 0 fully saturated rings. The number of aliphatic hydroxyl groups is 1. The first-order valence-corrected chi connectivity index (χ1v) is 22.0. The van der Waals surface area contributed by atoms with Crippen LogP contribution in [-0.2, 0) is 14.9 Å². The fraction of sp³-hybridized carbons (Fsp3) is 0.925. The molecule has 0 aromatic carbocycles. The lowest BCUT2D eigenvalue weighted by atomic mass is 10.0. The van der Waals surface area contributed by atoms with Crippen LogP contribution in [0.5, 0.6) is 0 Å². The average Bonchev–Trinajstić information content (AvgIpc) is 3.03. The highest BCUT2D eigenvalue weighted by Crippen LogP contribution is 2.16. The van der Waals surface area contributed by atoms with Gasteiger partial charge in [-0.1, -0.05) is 206 Å². The Bertz CT molecular complexity index is 800. The van der Waals surface area contributed by atoms with E-state index in [4.69, 9.17) is 0 Å². The monoisotopic (exact) mass is 686 g/mol. The molecule has 6 nitrogen and oxygen atoms in total. The second-order valence-electron chi connectivity index (χ2n) is 14.3. The topological polar surface area (TPSA) is 104 Å². The fourth-order valence-corrected chi connectivity index (χ4v) is 7.13. The quantitative estimate of drug-likeness (QED) is 0.0343. The molecule has 0 spiro atoms. The Morgan fingerprint density at radius 2 is 0.872 bits per heavy atom. The van der Waals surface area contributed by atoms with Crippen LogP contribution in [0.2, 0.25) is 0 Å². The zero-order chi connectivity index (χ0) is 34.7. The van der Waals surface area contributed by atoms with Crippen LogP contribution in [0.25, 0.3) is 0 Å². The third kappa shape index (κ3) is 36.2. The number of aliphatic hydroxyl groups excluding tert-OH is 1. The Labute approximate surface area is 292 Å². The number of hydrogen-bond donors (Lipinski definition) is 3. The first kappa shape index (κ1) is 46.1. The first-order valence-electron chi connectivity index (χ1n) is 20.4. The van der Waals surface area contributed by atoms with Gasteiger partial charge >= 0.3 is 0 Å². The molecule has 0 rings (SSSR count). The molecule has 280 valence electrons. The minimum atomic E-state index is -4.33. The van der Waals surface area contributed by atoms with Crippen molar-refractivity contribution in [2.75, 3.05) is 5.75 Å². The number of carbonyl (C=O) groups excluding carboxylic acids is 1. The summed E-state index contributed by atoms with van der Waals surface area (Å²) < 4.78 is 32.4. The number of carbonyl (C=O) groups is 1. The molecular weight excluding hydrogens is 607 g/mol. The molecule has 0 aliphatic carbocycles. The summed E-state index contributed by atoms with van der Waals surface area (Å²) in [6.07, 6.45) is 42.0. The zero-order valence-corrected chi connectivity index (χ0v) is 32.0. The highest BCUT2D eigenvalue weighted by molar-refractivity contribution is 7.85. The Morgan fingerprint density at radius 1 is 0.553 bits per heavy atom. The number of unbranched alkanes of at least 4 members (excludes halogenated alkanes) is 29. The number of hydrogen-bond acceptors (Lipinski definition) is 4. The number of nitrogens with one attached hydrogen (secondary N) is 1. The molecule has 2 atom stereocenters. The maximum atomic E-state index is 12.5. The SMILES string of the molecule is CCCCCCCCCCCC/C=C/C(O)C(CS(=O)(=O)O)NC(=O)CCCCCCCCCCCCCCCCCCCCCC. The van der Waals surface area contributed by atoms with E-state index in [0.717, 1.165) is 38.5 Å². The van der Waals surface area contributed by atoms with Gasteiger partial charge in [0.2, 0.25) is 5.91 Å². The van der Waals surface area contributed by atoms with E-state index < -0.39 is 28.0 Å². The summed E-state index contributed by atoms with van der Waals surface area (Å²) >= 11 is 0. The predicted octanol–water partition coefficient (Wildman–Crippen LogP) is 11.8. The standard InChI is InChI=1S/C40H79NO5S/c1-3-5-7-9-11-13-15-17-18-19-20-21-22-23-24-26-28-30-32-34-36-40(43)41-38(37-47(44,45)46)39(42)35-33-31-29-27-25-16-14-12-10-8-6-4-2/h33,35,38-39,42H,3-32,34,36-37H2,1-2H3,(H,41,43)(H,44,45,46)/b35-33+. The van der Waals surface area contributed by atoms with Crippen molar-refractivity contribution < 1.29 is 22.9 Å². The van der Waals surface area contributed by atoms with Crippen LogP contribution < -0.4 is 5.32 Å². The van der Waals surface area contributed by atoms with Gasteiger partial charge in [0, 0.05) is 6.42 Å². The van der Waals surface area contributed by atoms with Crippen molar-refractivity contribution in [3.63, 3.8) is 0 Å². The number of allylic oxidation sites excluding steroid dienone is 1. The van der Waals surface area contributed by atoms with Gasteiger partial charge in [-0.25, -0.2) is 0 Å². The molecule has 0 radical (unpaired) electrons. The normalized spacial score (nSPS) is 13.4. The minimum Gasteiger partial charge on any atom is -0.387 e. The van der Waals surface area contributed by atoms with Crippen LogP contribution in [0, 0.1) is 0 Å². The molecule has 0 aromatic heterocycles. The van der Waals surface area contributed by atoms with Crippen molar-refractivity contribution in [3.05, 3.63) is 12.2 Å². The van der Waals surface area contributed by atoms with Gasteiger partial charge < -0.3 is 10.4 Å². The van der Waals surface area contributed by atoms with Gasteiger partial charge in [-0.05, 0) is 19.3 Å². The van der Waals surface area contributed by atoms with Crippen molar-refractivity contribution in [2.24, 2.45) is 0 Å².